The number of cyclic esters (lactones) is 2. The van der Waals surface area contributed by atoms with Crippen molar-refractivity contribution in [1.82, 2.24) is 55.7 Å². The Morgan fingerprint density at radius 2 is 1.26 bits per heavy atom. The Morgan fingerprint density at radius 1 is 0.710 bits per heavy atom. The molecule has 1 aromatic carbocycles. The number of rotatable bonds is 8. The van der Waals surface area contributed by atoms with Crippen molar-refractivity contribution in [3.05, 3.63) is 44.6 Å². The Kier molecular flexibility index (Phi) is 21.7. The summed E-state index contributed by atoms with van der Waals surface area (Å²) in [6, 6.07) is -11.7. The molecule has 6 aliphatic rings. The number of ketones is 1. The number of benzene rings is 2. The van der Waals surface area contributed by atoms with Crippen molar-refractivity contribution in [2.45, 2.75) is 175 Å². The molecular formula is C62H83ClN12O18. The van der Waals surface area contributed by atoms with E-state index in [0.29, 0.717) is 5.56 Å². The molecule has 7 rings (SSSR count). The predicted molar refractivity (Wildman–Crippen MR) is 332 cm³/mol. The van der Waals surface area contributed by atoms with E-state index in [-0.39, 0.29) is 34.4 Å². The minimum Gasteiger partial charge on any atom is -0.458 e. The summed E-state index contributed by atoms with van der Waals surface area (Å²) in [6.07, 6.45) is -5.24. The zero-order valence-corrected chi connectivity index (χ0v) is 55.7. The van der Waals surface area contributed by atoms with Crippen LogP contribution in [0, 0.1) is 31.6 Å². The van der Waals surface area contributed by atoms with Crippen LogP contribution in [-0.4, -0.2) is 242 Å². The van der Waals surface area contributed by atoms with Gasteiger partial charge in [-0.3, -0.25) is 57.5 Å². The lowest BCUT2D eigenvalue weighted by Gasteiger charge is -2.37. The molecule has 0 radical (unpaired) electrons. The number of aryl methyl sites for hydroxylation is 1. The number of Topliss-reactive ketones (excluding diaryl/α,β-unsaturated/α-hetero) is 1. The highest BCUT2D eigenvalue weighted by Crippen LogP contribution is 2.36. The van der Waals surface area contributed by atoms with Crippen LogP contribution in [0.15, 0.2) is 21.3 Å². The quantitative estimate of drug-likeness (QED) is 0.0698. The van der Waals surface area contributed by atoms with Gasteiger partial charge in [0.1, 0.15) is 71.8 Å². The lowest BCUT2D eigenvalue weighted by molar-refractivity contribution is -0.163. The van der Waals surface area contributed by atoms with Crippen molar-refractivity contribution >= 4 is 105 Å². The molecule has 5 heterocycles. The smallest absolute Gasteiger partial charge is 0.329 e. The highest BCUT2D eigenvalue weighted by Gasteiger charge is 2.52. The molecule has 0 bridgehead atoms. The van der Waals surface area contributed by atoms with Crippen molar-refractivity contribution in [2.75, 3.05) is 52.9 Å². The predicted octanol–water partition coefficient (Wildman–Crippen LogP) is -0.765. The van der Waals surface area contributed by atoms with Gasteiger partial charge in [0.15, 0.2) is 17.1 Å². The number of fused-ring (bicyclic) bond motifs is 4. The third-order valence-corrected chi connectivity index (χ3v) is 18.2. The molecule has 506 valence electrons. The summed E-state index contributed by atoms with van der Waals surface area (Å²) in [6.45, 7) is 16.9. The fourth-order valence-corrected chi connectivity index (χ4v) is 12.4. The number of carbonyl (C=O) groups is 13. The Bertz CT molecular complexity index is 3590. The summed E-state index contributed by atoms with van der Waals surface area (Å²) in [4.78, 5) is 212. The number of nitrogens with zero attached hydrogens (tertiary/aromatic N) is 7. The number of ether oxygens (including phenoxy) is 2. The third kappa shape index (κ3) is 14.0. The van der Waals surface area contributed by atoms with Crippen LogP contribution in [0.1, 0.15) is 114 Å². The van der Waals surface area contributed by atoms with E-state index in [9.17, 15) is 62.6 Å². The molecule has 5 aliphatic heterocycles. The van der Waals surface area contributed by atoms with Gasteiger partial charge in [0.25, 0.3) is 11.8 Å². The van der Waals surface area contributed by atoms with Gasteiger partial charge in [-0.15, -0.1) is 11.6 Å². The number of hydrogen-bond acceptors (Lipinski definition) is 20. The number of hydrogen-bond donors (Lipinski definition) is 6. The fourth-order valence-electron chi connectivity index (χ4n) is 12.2. The minimum absolute atomic E-state index is 0.0330. The summed E-state index contributed by atoms with van der Waals surface area (Å²) < 4.78 is 18.1. The number of alkyl halides is 1. The molecule has 10 amide bonds. The molecule has 1 aromatic rings. The molecule has 0 saturated carbocycles. The first kappa shape index (κ1) is 71.6. The number of nitrogens with two attached hydrogens (primary N) is 1. The summed E-state index contributed by atoms with van der Waals surface area (Å²) in [5.74, 6) is -15.3. The lowest BCUT2D eigenvalue weighted by Crippen LogP contribution is -2.62. The second kappa shape index (κ2) is 28.2. The Labute approximate surface area is 541 Å². The largest absolute Gasteiger partial charge is 0.458 e. The van der Waals surface area contributed by atoms with Crippen LogP contribution >= 0.6 is 11.6 Å². The third-order valence-electron chi connectivity index (χ3n) is 17.9. The number of nitrogens with one attached hydrogen (secondary N) is 4. The molecule has 4 saturated heterocycles. The van der Waals surface area contributed by atoms with Gasteiger partial charge in [0.05, 0.1) is 47.9 Å². The van der Waals surface area contributed by atoms with E-state index in [1.54, 1.807) is 55.4 Å². The van der Waals surface area contributed by atoms with Gasteiger partial charge in [-0.2, -0.15) is 0 Å². The van der Waals surface area contributed by atoms with Crippen LogP contribution < -0.4 is 32.4 Å². The van der Waals surface area contributed by atoms with Gasteiger partial charge in [-0.1, -0.05) is 47.6 Å². The number of carbonyl (C=O) groups excluding carboxylic acids is 13. The minimum atomic E-state index is -2.09. The summed E-state index contributed by atoms with van der Waals surface area (Å²) in [5.41, 5.74) is 2.91. The highest BCUT2D eigenvalue weighted by molar-refractivity contribution is 6.19. The number of esters is 2. The second-order valence-corrected chi connectivity index (χ2v) is 25.9. The van der Waals surface area contributed by atoms with E-state index in [1.807, 2.05) is 0 Å². The lowest BCUT2D eigenvalue weighted by atomic mass is 9.98. The number of nitrogen functional groups attached to an aromatic ring is 1. The molecule has 7 N–H and O–H groups in total. The van der Waals surface area contributed by atoms with E-state index in [2.05, 4.69) is 21.3 Å². The molecule has 5 unspecified atom stereocenters. The normalized spacial score (nSPS) is 28.1. The molecule has 13 atom stereocenters. The highest BCUT2D eigenvalue weighted by atomic mass is 35.5. The number of anilines is 1. The van der Waals surface area contributed by atoms with Gasteiger partial charge in [-0.05, 0) is 77.3 Å². The van der Waals surface area contributed by atoms with Crippen molar-refractivity contribution in [3.63, 3.8) is 0 Å². The number of likely N-dealkylation sites (N-methyl/N-ethyl adjacent to an activating group) is 4. The average Bonchev–Trinajstić information content (AvgIpc) is 1.54. The summed E-state index contributed by atoms with van der Waals surface area (Å²) in [7, 11) is 5.16. The van der Waals surface area contributed by atoms with Crippen LogP contribution in [-0.2, 0) is 62.2 Å². The van der Waals surface area contributed by atoms with E-state index < -0.39 is 221 Å². The number of aliphatic hydroxyl groups excluding tert-OH is 1. The van der Waals surface area contributed by atoms with Crippen molar-refractivity contribution in [3.8, 4) is 11.5 Å². The molecule has 31 heteroatoms. The number of amides is 10. The zero-order chi connectivity index (χ0) is 69.6. The standard InChI is InChI=1S/C62H83ClN12O18/c1-24(2)42-58(86)74-28(8)19-36(77)49(74)60(88)71(14)23-39(79)73(16)48(26(5)6)62(90)91-32(12)44(55(83)66-42)68-53(81)33-18-17-27(7)51-45(33)65-47-40(41(64)50(80)29(9)52(47)93-51)54(82)69-46-37(21-63)92-61(89)31(11)72(15)38(78)22-70(13)57(85)34-20-35(76)30(10)75(34)59(87)43(25(3)4)67-56(46)84/h17-18,24-26,28,30-32,34,36-37,42-44,46,48-49,77H,19-23,64H2,1-16H3,(H,66,83)(H,67,84)(H,68,81)(H,69,82)/t28?,30?,31-,32?,34-,36?,37?,42+,43+,44-,46-,48-,49-/m0/s1. The number of aromatic nitrogens is 1. The first-order valence-corrected chi connectivity index (χ1v) is 31.1. The fraction of sp³-hybridized carbons (Fsp3) is 0.597. The maximum atomic E-state index is 15.2. The zero-order valence-electron chi connectivity index (χ0n) is 54.9. The van der Waals surface area contributed by atoms with Crippen molar-refractivity contribution in [2.24, 2.45) is 17.8 Å². The number of halogens is 1. The van der Waals surface area contributed by atoms with Gasteiger partial charge in [-0.25, -0.2) is 14.6 Å². The van der Waals surface area contributed by atoms with E-state index in [1.165, 1.54) is 68.0 Å². The first-order valence-electron chi connectivity index (χ1n) is 30.6. The maximum Gasteiger partial charge on any atom is 0.329 e. The second-order valence-electron chi connectivity index (χ2n) is 25.6. The van der Waals surface area contributed by atoms with Crippen LogP contribution in [0.5, 0.6) is 0 Å². The Balaban J connectivity index is 1.34. The Morgan fingerprint density at radius 3 is 1.83 bits per heavy atom. The van der Waals surface area contributed by atoms with E-state index in [4.69, 9.17) is 36.2 Å². The monoisotopic (exact) mass is 1320 g/mol. The molecule has 0 spiro atoms. The Hall–Kier alpha value is -8.80. The van der Waals surface area contributed by atoms with Crippen LogP contribution in [0.4, 0.5) is 5.69 Å². The van der Waals surface area contributed by atoms with Crippen molar-refractivity contribution < 1.29 is 81.3 Å². The topological polar surface area (TPSA) is 397 Å². The van der Waals surface area contributed by atoms with Gasteiger partial charge < -0.3 is 75.4 Å². The average molecular weight is 1320 g/mol. The molecular weight excluding hydrogens is 1240 g/mol. The molecule has 0 aromatic heterocycles. The summed E-state index contributed by atoms with van der Waals surface area (Å²) >= 11 is 6.49. The van der Waals surface area contributed by atoms with E-state index in [0.717, 1.165) is 29.4 Å². The van der Waals surface area contributed by atoms with Crippen molar-refractivity contribution in [1.29, 1.82) is 0 Å². The molecule has 1 aliphatic carbocycles. The SMILES string of the molecule is Cc1c2oc3c(C)ccc(C(=O)N[C@@H]4C(=O)N[C@H](C(C)C)C(=O)N5C(C)CC(O)[C@H]5C(=O)N(C)CC(=O)N(C)[C@@H](C(C)C)C(=O)OC4C)c3nc-2c(C(=O)N[C@@H]2C(=O)N[C@H](C(C)C)C(=O)N3C(C)C(=O)C[C@H]3C(=O)N(C)CC(=O)N(C)[C@@H](C)C(=O)OC2CCl)c(N)c1=O. The molecule has 30 nitrogen and oxygen atoms in total. The molecule has 93 heavy (non-hydrogen) atoms. The summed E-state index contributed by atoms with van der Waals surface area (Å²) in [5, 5.41) is 21.6. The van der Waals surface area contributed by atoms with Crippen LogP contribution in [0.3, 0.4) is 0 Å². The molecule has 4 fully saturated rings. The maximum absolute atomic E-state index is 15.2. The van der Waals surface area contributed by atoms with E-state index >= 15 is 9.59 Å². The van der Waals surface area contributed by atoms with Gasteiger partial charge in [0.2, 0.25) is 52.7 Å². The number of aliphatic hydroxyl groups is 1. The van der Waals surface area contributed by atoms with Gasteiger partial charge >= 0.3 is 11.9 Å². The first-order chi connectivity index (χ1) is 43.4. The van der Waals surface area contributed by atoms with Crippen LogP contribution in [0.25, 0.3) is 22.6 Å². The van der Waals surface area contributed by atoms with Gasteiger partial charge in [0, 0.05) is 46.2 Å². The van der Waals surface area contributed by atoms with Crippen LogP contribution in [0.2, 0.25) is 0 Å².